The molecule has 5 nitrogen and oxygen atoms in total. The van der Waals surface area contributed by atoms with E-state index in [1.54, 1.807) is 40.2 Å². The van der Waals surface area contributed by atoms with Gasteiger partial charge in [0, 0.05) is 10.8 Å². The zero-order valence-electron chi connectivity index (χ0n) is 14.8. The lowest BCUT2D eigenvalue weighted by Gasteiger charge is -2.15. The summed E-state index contributed by atoms with van der Waals surface area (Å²) in [6.07, 6.45) is 3.11. The zero-order chi connectivity index (χ0) is 18.4. The van der Waals surface area contributed by atoms with Crippen molar-refractivity contribution in [2.75, 3.05) is 0 Å². The number of rotatable bonds is 4. The molecule has 0 atom stereocenters. The molecule has 134 valence electrons. The lowest BCUT2D eigenvalue weighted by atomic mass is 10.1. The average molecular weight is 368 g/mol. The summed E-state index contributed by atoms with van der Waals surface area (Å²) in [4.78, 5) is 31.3. The monoisotopic (exact) mass is 368 g/mol. The lowest BCUT2D eigenvalue weighted by Crippen LogP contribution is -2.26. The standard InChI is InChI=1S/C20H20N2O3S/c1-11(2)17-21-18-16(14-4-3-5-15(14)26-18)19(23)22(17)10-12-6-8-13(9-7-12)20(24)25/h6-9,11H,3-5,10H2,1-2H3,(H,24,25). The molecule has 3 aromatic rings. The number of hydrogen-bond acceptors (Lipinski definition) is 4. The molecule has 26 heavy (non-hydrogen) atoms. The number of carboxylic acids is 1. The van der Waals surface area contributed by atoms with Crippen LogP contribution < -0.4 is 5.56 Å². The van der Waals surface area contributed by atoms with Gasteiger partial charge >= 0.3 is 5.97 Å². The van der Waals surface area contributed by atoms with Crippen LogP contribution in [0.5, 0.6) is 0 Å². The first kappa shape index (κ1) is 17.0. The van der Waals surface area contributed by atoms with E-state index in [0.717, 1.165) is 40.9 Å². The Labute approximate surface area is 154 Å². The Balaban J connectivity index is 1.84. The average Bonchev–Trinajstić information content (AvgIpc) is 3.18. The third-order valence-corrected chi connectivity index (χ3v) is 6.10. The van der Waals surface area contributed by atoms with Crippen LogP contribution in [0.15, 0.2) is 29.1 Å². The van der Waals surface area contributed by atoms with E-state index < -0.39 is 5.97 Å². The van der Waals surface area contributed by atoms with Gasteiger partial charge in [0.1, 0.15) is 10.7 Å². The van der Waals surface area contributed by atoms with E-state index in [-0.39, 0.29) is 17.0 Å². The minimum atomic E-state index is -0.950. The number of hydrogen-bond donors (Lipinski definition) is 1. The Morgan fingerprint density at radius 1 is 1.27 bits per heavy atom. The first-order valence-electron chi connectivity index (χ1n) is 8.83. The first-order chi connectivity index (χ1) is 12.5. The van der Waals surface area contributed by atoms with Gasteiger partial charge in [-0.3, -0.25) is 9.36 Å². The Hall–Kier alpha value is -2.47. The molecule has 0 unspecified atom stereocenters. The zero-order valence-corrected chi connectivity index (χ0v) is 15.6. The summed E-state index contributed by atoms with van der Waals surface area (Å²) in [5, 5.41) is 9.83. The molecular weight excluding hydrogens is 348 g/mol. The Bertz CT molecular complexity index is 1060. The second-order valence-electron chi connectivity index (χ2n) is 7.06. The summed E-state index contributed by atoms with van der Waals surface area (Å²) in [6, 6.07) is 6.68. The number of aryl methyl sites for hydroxylation is 2. The molecule has 0 bridgehead atoms. The van der Waals surface area contributed by atoms with Crippen LogP contribution in [0.3, 0.4) is 0 Å². The smallest absolute Gasteiger partial charge is 0.335 e. The highest BCUT2D eigenvalue weighted by atomic mass is 32.1. The minimum Gasteiger partial charge on any atom is -0.478 e. The van der Waals surface area contributed by atoms with Crippen LogP contribution in [0.4, 0.5) is 0 Å². The van der Waals surface area contributed by atoms with Gasteiger partial charge in [-0.05, 0) is 42.5 Å². The SMILES string of the molecule is CC(C)c1nc2sc3c(c2c(=O)n1Cc1ccc(C(=O)O)cc1)CCC3. The minimum absolute atomic E-state index is 0.0282. The van der Waals surface area contributed by atoms with Crippen LogP contribution in [-0.4, -0.2) is 20.6 Å². The second kappa shape index (κ2) is 6.36. The fourth-order valence-corrected chi connectivity index (χ4v) is 4.88. The van der Waals surface area contributed by atoms with E-state index in [1.807, 2.05) is 13.8 Å². The summed E-state index contributed by atoms with van der Waals surface area (Å²) in [7, 11) is 0. The molecule has 1 aromatic carbocycles. The molecule has 0 fully saturated rings. The molecule has 0 radical (unpaired) electrons. The molecule has 1 aliphatic carbocycles. The van der Waals surface area contributed by atoms with Crippen molar-refractivity contribution in [1.82, 2.24) is 9.55 Å². The molecule has 2 aromatic heterocycles. The molecule has 1 aliphatic rings. The van der Waals surface area contributed by atoms with Crippen molar-refractivity contribution >= 4 is 27.5 Å². The van der Waals surface area contributed by atoms with Gasteiger partial charge in [-0.15, -0.1) is 11.3 Å². The number of benzene rings is 1. The van der Waals surface area contributed by atoms with Gasteiger partial charge in [0.2, 0.25) is 0 Å². The molecule has 0 saturated carbocycles. The highest BCUT2D eigenvalue weighted by Crippen LogP contribution is 2.35. The summed E-state index contributed by atoms with van der Waals surface area (Å²) in [5.41, 5.74) is 2.36. The van der Waals surface area contributed by atoms with Crippen molar-refractivity contribution in [3.63, 3.8) is 0 Å². The number of carboxylic acid groups (broad SMARTS) is 1. The molecule has 4 rings (SSSR count). The molecule has 0 amide bonds. The third kappa shape index (κ3) is 2.74. The summed E-state index contributed by atoms with van der Waals surface area (Å²) >= 11 is 1.66. The fourth-order valence-electron chi connectivity index (χ4n) is 3.62. The van der Waals surface area contributed by atoms with Crippen molar-refractivity contribution in [1.29, 1.82) is 0 Å². The Morgan fingerprint density at radius 2 is 2.00 bits per heavy atom. The van der Waals surface area contributed by atoms with Crippen molar-refractivity contribution in [3.05, 3.63) is 62.0 Å². The van der Waals surface area contributed by atoms with Gasteiger partial charge < -0.3 is 5.11 Å². The number of aromatic nitrogens is 2. The van der Waals surface area contributed by atoms with E-state index in [0.29, 0.717) is 6.54 Å². The van der Waals surface area contributed by atoms with E-state index in [1.165, 1.54) is 10.4 Å². The molecule has 0 spiro atoms. The van der Waals surface area contributed by atoms with Crippen molar-refractivity contribution in [3.8, 4) is 0 Å². The highest BCUT2D eigenvalue weighted by Gasteiger charge is 2.24. The van der Waals surface area contributed by atoms with E-state index in [2.05, 4.69) is 0 Å². The van der Waals surface area contributed by atoms with Crippen LogP contribution in [0.2, 0.25) is 0 Å². The summed E-state index contributed by atoms with van der Waals surface area (Å²) < 4.78 is 1.76. The Kier molecular flexibility index (Phi) is 4.15. The van der Waals surface area contributed by atoms with Crippen LogP contribution in [0.1, 0.15) is 58.4 Å². The predicted octanol–water partition coefficient (Wildman–Crippen LogP) is 3.82. The van der Waals surface area contributed by atoms with E-state index >= 15 is 0 Å². The number of thiophene rings is 1. The van der Waals surface area contributed by atoms with Gasteiger partial charge in [0.15, 0.2) is 0 Å². The van der Waals surface area contributed by atoms with Crippen molar-refractivity contribution in [2.24, 2.45) is 0 Å². The second-order valence-corrected chi connectivity index (χ2v) is 8.14. The molecule has 1 N–H and O–H groups in total. The maximum Gasteiger partial charge on any atom is 0.335 e. The molecule has 6 heteroatoms. The normalized spacial score (nSPS) is 13.5. The van der Waals surface area contributed by atoms with Gasteiger partial charge in [0.25, 0.3) is 5.56 Å². The maximum absolute atomic E-state index is 13.3. The highest BCUT2D eigenvalue weighted by molar-refractivity contribution is 7.18. The van der Waals surface area contributed by atoms with Gasteiger partial charge in [-0.1, -0.05) is 26.0 Å². The molecule has 0 saturated heterocycles. The van der Waals surface area contributed by atoms with Gasteiger partial charge in [0.05, 0.1) is 17.5 Å². The van der Waals surface area contributed by atoms with Crippen molar-refractivity contribution in [2.45, 2.75) is 45.6 Å². The van der Waals surface area contributed by atoms with Gasteiger partial charge in [-0.2, -0.15) is 0 Å². The third-order valence-electron chi connectivity index (χ3n) is 4.91. The van der Waals surface area contributed by atoms with Crippen molar-refractivity contribution < 1.29 is 9.90 Å². The van der Waals surface area contributed by atoms with E-state index in [9.17, 15) is 9.59 Å². The molecule has 2 heterocycles. The summed E-state index contributed by atoms with van der Waals surface area (Å²) in [5.74, 6) is -0.0411. The quantitative estimate of drug-likeness (QED) is 0.760. The summed E-state index contributed by atoms with van der Waals surface area (Å²) in [6.45, 7) is 4.48. The van der Waals surface area contributed by atoms with Crippen LogP contribution >= 0.6 is 11.3 Å². The van der Waals surface area contributed by atoms with E-state index in [4.69, 9.17) is 10.1 Å². The largest absolute Gasteiger partial charge is 0.478 e. The topological polar surface area (TPSA) is 72.2 Å². The number of aromatic carboxylic acids is 1. The fraction of sp³-hybridized carbons (Fsp3) is 0.350. The van der Waals surface area contributed by atoms with Crippen LogP contribution in [-0.2, 0) is 19.4 Å². The predicted molar refractivity (Wildman–Crippen MR) is 102 cm³/mol. The lowest BCUT2D eigenvalue weighted by molar-refractivity contribution is 0.0697. The number of nitrogens with zero attached hydrogens (tertiary/aromatic N) is 2. The first-order valence-corrected chi connectivity index (χ1v) is 9.64. The Morgan fingerprint density at radius 3 is 2.65 bits per heavy atom. The van der Waals surface area contributed by atoms with Crippen LogP contribution in [0, 0.1) is 0 Å². The maximum atomic E-state index is 13.3. The number of carbonyl (C=O) groups is 1. The number of fused-ring (bicyclic) bond motifs is 3. The van der Waals surface area contributed by atoms with Crippen LogP contribution in [0.25, 0.3) is 10.2 Å². The molecular formula is C20H20N2O3S. The van der Waals surface area contributed by atoms with Gasteiger partial charge in [-0.25, -0.2) is 9.78 Å². The molecule has 0 aliphatic heterocycles.